The van der Waals surface area contributed by atoms with Crippen LogP contribution in [0, 0.1) is 5.92 Å². The molecule has 92 valence electrons. The number of benzene rings is 1. The van der Waals surface area contributed by atoms with Crippen LogP contribution in [0.2, 0.25) is 0 Å². The maximum absolute atomic E-state index is 5.98. The van der Waals surface area contributed by atoms with Crippen molar-refractivity contribution in [3.8, 4) is 0 Å². The molecule has 0 aliphatic carbocycles. The highest BCUT2D eigenvalue weighted by atomic mass is 35.5. The van der Waals surface area contributed by atoms with Crippen molar-refractivity contribution in [3.05, 3.63) is 29.6 Å². The minimum atomic E-state index is 0.475. The van der Waals surface area contributed by atoms with Gasteiger partial charge in [-0.2, -0.15) is 0 Å². The molecule has 0 spiro atoms. The van der Waals surface area contributed by atoms with Crippen LogP contribution in [0.25, 0.3) is 11.0 Å². The predicted molar refractivity (Wildman–Crippen MR) is 73.5 cm³/mol. The molecule has 0 saturated carbocycles. The fourth-order valence-corrected chi connectivity index (χ4v) is 2.32. The molecular weight excluding hydrogens is 232 g/mol. The maximum atomic E-state index is 5.98. The van der Waals surface area contributed by atoms with E-state index in [4.69, 9.17) is 11.6 Å². The van der Waals surface area contributed by atoms with Crippen molar-refractivity contribution < 1.29 is 0 Å². The van der Waals surface area contributed by atoms with Gasteiger partial charge in [0.2, 0.25) is 0 Å². The molecular formula is C14H19ClN2. The van der Waals surface area contributed by atoms with Crippen LogP contribution in [-0.4, -0.2) is 9.55 Å². The van der Waals surface area contributed by atoms with Gasteiger partial charge in [0.1, 0.15) is 5.82 Å². The van der Waals surface area contributed by atoms with E-state index in [1.54, 1.807) is 0 Å². The van der Waals surface area contributed by atoms with Gasteiger partial charge in [-0.1, -0.05) is 26.8 Å². The molecule has 0 radical (unpaired) electrons. The van der Waals surface area contributed by atoms with Crippen LogP contribution in [-0.2, 0) is 18.8 Å². The Morgan fingerprint density at radius 1 is 1.35 bits per heavy atom. The minimum absolute atomic E-state index is 0.475. The summed E-state index contributed by atoms with van der Waals surface area (Å²) in [5, 5.41) is 0. The van der Waals surface area contributed by atoms with E-state index in [-0.39, 0.29) is 0 Å². The summed E-state index contributed by atoms with van der Waals surface area (Å²) in [4.78, 5) is 4.62. The second-order valence-corrected chi connectivity index (χ2v) is 5.11. The Kier molecular flexibility index (Phi) is 3.72. The van der Waals surface area contributed by atoms with Gasteiger partial charge in [-0.15, -0.1) is 11.6 Å². The zero-order valence-electron chi connectivity index (χ0n) is 10.7. The zero-order chi connectivity index (χ0) is 12.4. The van der Waals surface area contributed by atoms with Crippen molar-refractivity contribution in [1.29, 1.82) is 0 Å². The molecule has 0 aliphatic heterocycles. The normalized spacial score (nSPS) is 11.6. The van der Waals surface area contributed by atoms with Gasteiger partial charge in [-0.05, 0) is 30.0 Å². The first-order chi connectivity index (χ1) is 8.15. The van der Waals surface area contributed by atoms with Crippen molar-refractivity contribution >= 4 is 22.6 Å². The molecule has 2 rings (SSSR count). The first-order valence-corrected chi connectivity index (χ1v) is 6.73. The number of nitrogens with zero attached hydrogens (tertiary/aromatic N) is 2. The third-order valence-electron chi connectivity index (χ3n) is 2.97. The van der Waals surface area contributed by atoms with E-state index in [2.05, 4.69) is 48.5 Å². The summed E-state index contributed by atoms with van der Waals surface area (Å²) >= 11 is 5.98. The summed E-state index contributed by atoms with van der Waals surface area (Å²) in [6.45, 7) is 7.56. The second kappa shape index (κ2) is 5.09. The highest BCUT2D eigenvalue weighted by Crippen LogP contribution is 2.20. The quantitative estimate of drug-likeness (QED) is 0.751. The fourth-order valence-electron chi connectivity index (χ4n) is 2.12. The summed E-state index contributed by atoms with van der Waals surface area (Å²) in [6, 6.07) is 6.51. The van der Waals surface area contributed by atoms with Gasteiger partial charge in [0.25, 0.3) is 0 Å². The number of hydrogen-bond acceptors (Lipinski definition) is 1. The van der Waals surface area contributed by atoms with Crippen molar-refractivity contribution in [3.63, 3.8) is 0 Å². The van der Waals surface area contributed by atoms with E-state index in [0.717, 1.165) is 24.3 Å². The average molecular weight is 251 g/mol. The van der Waals surface area contributed by atoms with E-state index in [1.165, 1.54) is 11.1 Å². The van der Waals surface area contributed by atoms with Gasteiger partial charge in [-0.25, -0.2) is 4.98 Å². The van der Waals surface area contributed by atoms with Crippen molar-refractivity contribution in [2.24, 2.45) is 5.92 Å². The lowest BCUT2D eigenvalue weighted by Gasteiger charge is -2.10. The number of fused-ring (bicyclic) bond motifs is 1. The second-order valence-electron chi connectivity index (χ2n) is 4.84. The minimum Gasteiger partial charge on any atom is -0.327 e. The number of alkyl halides is 1. The predicted octanol–water partition coefficient (Wildman–Crippen LogP) is 3.99. The Labute approximate surface area is 108 Å². The summed E-state index contributed by atoms with van der Waals surface area (Å²) < 4.78 is 2.24. The van der Waals surface area contributed by atoms with Gasteiger partial charge in [-0.3, -0.25) is 0 Å². The largest absolute Gasteiger partial charge is 0.327 e. The molecule has 1 aromatic heterocycles. The lowest BCUT2D eigenvalue weighted by Crippen LogP contribution is -2.07. The highest BCUT2D eigenvalue weighted by Gasteiger charge is 2.11. The number of halogens is 1. The summed E-state index contributed by atoms with van der Waals surface area (Å²) in [6.07, 6.45) is 1.04. The van der Waals surface area contributed by atoms with Gasteiger partial charge in [0.15, 0.2) is 0 Å². The molecule has 0 atom stereocenters. The van der Waals surface area contributed by atoms with E-state index in [1.807, 2.05) is 0 Å². The van der Waals surface area contributed by atoms with Crippen LogP contribution in [0.15, 0.2) is 18.2 Å². The Morgan fingerprint density at radius 3 is 2.71 bits per heavy atom. The number of rotatable bonds is 4. The standard InChI is InChI=1S/C14H19ClN2/c1-4-11-5-6-13-12(7-11)16-14(8-15)17(13)9-10(2)3/h5-7,10H,4,8-9H2,1-3H3. The molecule has 0 fully saturated rings. The first-order valence-electron chi connectivity index (χ1n) is 6.19. The Morgan fingerprint density at radius 2 is 2.12 bits per heavy atom. The molecule has 0 saturated heterocycles. The Bertz CT molecular complexity index is 514. The van der Waals surface area contributed by atoms with Crippen LogP contribution in [0.1, 0.15) is 32.2 Å². The number of imidazole rings is 1. The molecule has 3 heteroatoms. The van der Waals surface area contributed by atoms with Gasteiger partial charge >= 0.3 is 0 Å². The zero-order valence-corrected chi connectivity index (χ0v) is 11.5. The third kappa shape index (κ3) is 2.47. The van der Waals surface area contributed by atoms with Crippen LogP contribution in [0.5, 0.6) is 0 Å². The lowest BCUT2D eigenvalue weighted by molar-refractivity contribution is 0.522. The van der Waals surface area contributed by atoms with Crippen LogP contribution in [0.4, 0.5) is 0 Å². The summed E-state index contributed by atoms with van der Waals surface area (Å²) in [7, 11) is 0. The Balaban J connectivity index is 2.55. The van der Waals surface area contributed by atoms with Crippen molar-refractivity contribution in [1.82, 2.24) is 9.55 Å². The molecule has 0 bridgehead atoms. The van der Waals surface area contributed by atoms with E-state index in [9.17, 15) is 0 Å². The fraction of sp³-hybridized carbons (Fsp3) is 0.500. The molecule has 0 amide bonds. The van der Waals surface area contributed by atoms with E-state index in [0.29, 0.717) is 11.8 Å². The lowest BCUT2D eigenvalue weighted by atomic mass is 10.1. The van der Waals surface area contributed by atoms with E-state index < -0.39 is 0 Å². The number of aromatic nitrogens is 2. The molecule has 0 N–H and O–H groups in total. The molecule has 0 unspecified atom stereocenters. The van der Waals surface area contributed by atoms with Crippen LogP contribution < -0.4 is 0 Å². The van der Waals surface area contributed by atoms with Crippen LogP contribution in [0.3, 0.4) is 0 Å². The van der Waals surface area contributed by atoms with Gasteiger partial charge in [0.05, 0.1) is 16.9 Å². The molecule has 1 aromatic carbocycles. The number of aryl methyl sites for hydroxylation is 1. The topological polar surface area (TPSA) is 17.8 Å². The summed E-state index contributed by atoms with van der Waals surface area (Å²) in [5.74, 6) is 2.05. The average Bonchev–Trinajstić information content (AvgIpc) is 2.65. The van der Waals surface area contributed by atoms with Crippen molar-refractivity contribution in [2.45, 2.75) is 39.6 Å². The van der Waals surface area contributed by atoms with Gasteiger partial charge in [0, 0.05) is 6.54 Å². The molecule has 0 aliphatic rings. The monoisotopic (exact) mass is 250 g/mol. The van der Waals surface area contributed by atoms with E-state index >= 15 is 0 Å². The van der Waals surface area contributed by atoms with Crippen molar-refractivity contribution in [2.75, 3.05) is 0 Å². The molecule has 2 aromatic rings. The van der Waals surface area contributed by atoms with Crippen LogP contribution >= 0.6 is 11.6 Å². The highest BCUT2D eigenvalue weighted by molar-refractivity contribution is 6.16. The maximum Gasteiger partial charge on any atom is 0.124 e. The Hall–Kier alpha value is -1.02. The SMILES string of the molecule is CCc1ccc2c(c1)nc(CCl)n2CC(C)C. The summed E-state index contributed by atoms with van der Waals surface area (Å²) in [5.41, 5.74) is 3.60. The first kappa shape index (κ1) is 12.4. The smallest absolute Gasteiger partial charge is 0.124 e. The molecule has 17 heavy (non-hydrogen) atoms. The van der Waals surface area contributed by atoms with Gasteiger partial charge < -0.3 is 4.57 Å². The third-order valence-corrected chi connectivity index (χ3v) is 3.21. The molecule has 1 heterocycles. The number of hydrogen-bond donors (Lipinski definition) is 0. The molecule has 2 nitrogen and oxygen atoms in total.